The molecule has 0 spiro atoms. The number of imide groups is 1. The van der Waals surface area contributed by atoms with Crippen molar-refractivity contribution in [1.29, 1.82) is 0 Å². The summed E-state index contributed by atoms with van der Waals surface area (Å²) in [6, 6.07) is 11.7. The van der Waals surface area contributed by atoms with E-state index in [0.29, 0.717) is 95.3 Å². The minimum Gasteiger partial charge on any atom is -0.468 e. The van der Waals surface area contributed by atoms with E-state index in [-0.39, 0.29) is 66.0 Å². The molecule has 0 saturated carbocycles. The molecule has 3 amide bonds. The van der Waals surface area contributed by atoms with Gasteiger partial charge in [0.2, 0.25) is 11.8 Å². The molecule has 3 atom stereocenters. The molecule has 2 bridgehead atoms. The predicted octanol–water partition coefficient (Wildman–Crippen LogP) is 9.00. The fourth-order valence-electron chi connectivity index (χ4n) is 14.5. The Morgan fingerprint density at radius 3 is 2.18 bits per heavy atom. The van der Waals surface area contributed by atoms with Crippen LogP contribution in [0.2, 0.25) is 0 Å². The van der Waals surface area contributed by atoms with E-state index < -0.39 is 23.4 Å². The highest BCUT2D eigenvalue weighted by Crippen LogP contribution is 2.42. The second-order valence-electron chi connectivity index (χ2n) is 25.6. The van der Waals surface area contributed by atoms with Gasteiger partial charge < -0.3 is 33.6 Å². The molecule has 3 aromatic carbocycles. The molecule has 6 saturated heterocycles. The van der Waals surface area contributed by atoms with Crippen molar-refractivity contribution in [3.05, 3.63) is 76.3 Å². The molecule has 3 unspecified atom stereocenters. The SMILES string of the molecule is CCc1c(F)ccc2cc(OCOC)cc(-c3ncc4c(N5CC6CCC(C5)N6C(=O)OC(C)(C)C)nc(OCCN5CCC(CC6CCN(CC7CCN(c8ccc9c(c8)n(C)c(=O)n9C8CCC(=O)NC8=O)CC7)CC6)CC5)nc4c3F)c12. The monoisotopic (exact) mass is 1170 g/mol. The number of pyridine rings is 1. The van der Waals surface area contributed by atoms with Gasteiger partial charge in [0.05, 0.1) is 28.5 Å². The number of fused-ring (bicyclic) bond motifs is 5. The van der Waals surface area contributed by atoms with Crippen LogP contribution >= 0.6 is 0 Å². The summed E-state index contributed by atoms with van der Waals surface area (Å²) >= 11 is 0. The van der Waals surface area contributed by atoms with Gasteiger partial charge >= 0.3 is 17.8 Å². The number of rotatable bonds is 16. The highest BCUT2D eigenvalue weighted by Gasteiger charge is 2.45. The third-order valence-electron chi connectivity index (χ3n) is 18.9. The van der Waals surface area contributed by atoms with Crippen LogP contribution in [0.5, 0.6) is 11.8 Å². The van der Waals surface area contributed by atoms with E-state index >= 15 is 8.78 Å². The van der Waals surface area contributed by atoms with Crippen molar-refractivity contribution in [3.63, 3.8) is 0 Å². The van der Waals surface area contributed by atoms with E-state index in [2.05, 4.69) is 37.0 Å². The highest BCUT2D eigenvalue weighted by atomic mass is 19.1. The number of hydrogen-bond acceptors (Lipinski definition) is 15. The van der Waals surface area contributed by atoms with Gasteiger partial charge in [0.25, 0.3) is 0 Å². The molecule has 6 aromatic rings. The Morgan fingerprint density at radius 1 is 0.788 bits per heavy atom. The molecule has 0 radical (unpaired) electrons. The predicted molar refractivity (Wildman–Crippen MR) is 321 cm³/mol. The smallest absolute Gasteiger partial charge is 0.410 e. The number of benzene rings is 3. The van der Waals surface area contributed by atoms with Crippen LogP contribution in [0.25, 0.3) is 44.0 Å². The van der Waals surface area contributed by atoms with Crippen molar-refractivity contribution >= 4 is 62.1 Å². The summed E-state index contributed by atoms with van der Waals surface area (Å²) in [5.74, 6) is 1.18. The lowest BCUT2D eigenvalue weighted by Gasteiger charge is -2.42. The van der Waals surface area contributed by atoms with Gasteiger partial charge in [-0.3, -0.25) is 38.8 Å². The van der Waals surface area contributed by atoms with Crippen LogP contribution in [0, 0.1) is 29.4 Å². The van der Waals surface area contributed by atoms with Crippen molar-refractivity contribution in [3.8, 4) is 23.0 Å². The van der Waals surface area contributed by atoms with Crippen LogP contribution in [0.1, 0.15) is 110 Å². The Balaban J connectivity index is 0.658. The van der Waals surface area contributed by atoms with Crippen molar-refractivity contribution < 1.29 is 42.1 Å². The van der Waals surface area contributed by atoms with Gasteiger partial charge in [-0.1, -0.05) is 13.0 Å². The fraction of sp³-hybridized carbons (Fsp3) is 0.578. The molecular formula is C64H81F2N11O8. The average molecular weight is 1170 g/mol. The normalized spacial score (nSPS) is 21.6. The molecule has 6 aliphatic heterocycles. The number of piperazine rings is 1. The second-order valence-corrected chi connectivity index (χ2v) is 25.6. The number of methoxy groups -OCH3 is 1. The van der Waals surface area contributed by atoms with E-state index in [1.54, 1.807) is 40.6 Å². The van der Waals surface area contributed by atoms with Crippen molar-refractivity contribution in [2.45, 2.75) is 128 Å². The minimum atomic E-state index is -0.695. The summed E-state index contributed by atoms with van der Waals surface area (Å²) in [5.41, 5.74) is 2.55. The summed E-state index contributed by atoms with van der Waals surface area (Å²) in [7, 11) is 3.27. The average Bonchev–Trinajstić information content (AvgIpc) is 3.32. The molecule has 9 heterocycles. The van der Waals surface area contributed by atoms with E-state index in [1.165, 1.54) is 32.4 Å². The quantitative estimate of drug-likeness (QED) is 0.0716. The molecule has 12 rings (SSSR count). The largest absolute Gasteiger partial charge is 0.468 e. The zero-order chi connectivity index (χ0) is 59.3. The standard InChI is InChI=1S/C64H81F2N11O8/c1-7-47-50(65)12-8-42-31-46(84-38-82-6)33-48(55(42)47)57-56(66)58-49(34-67-57)59(75-36-44-9-10-45(37-75)76(44)63(81)85-64(2,3)4)70-61(69-58)83-29-28-72-22-16-39(17-23-72)30-40-18-24-73(25-19-40)35-41-20-26-74(27-21-41)43-11-13-51-53(32-43)71(5)62(80)77(51)52-14-15-54(78)68-60(52)79/h8,11-13,31-34,39-41,44-45,52H,7,9-10,14-30,35-38H2,1-6H3,(H,68,78,79). The van der Waals surface area contributed by atoms with Gasteiger partial charge in [-0.2, -0.15) is 9.97 Å². The van der Waals surface area contributed by atoms with Gasteiger partial charge in [-0.25, -0.2) is 18.4 Å². The maximum absolute atomic E-state index is 17.6. The maximum atomic E-state index is 17.6. The number of carbonyl (C=O) groups is 3. The molecule has 19 nitrogen and oxygen atoms in total. The number of aromatic nitrogens is 5. The number of anilines is 2. The zero-order valence-corrected chi connectivity index (χ0v) is 50.0. The number of nitrogens with zero attached hydrogens (tertiary/aromatic N) is 10. The molecule has 85 heavy (non-hydrogen) atoms. The zero-order valence-electron chi connectivity index (χ0n) is 50.0. The van der Waals surface area contributed by atoms with E-state index in [0.717, 1.165) is 101 Å². The first-order chi connectivity index (χ1) is 41.0. The molecule has 6 fully saturated rings. The van der Waals surface area contributed by atoms with Crippen molar-refractivity contribution in [2.24, 2.45) is 24.8 Å². The molecule has 1 N–H and O–H groups in total. The number of aryl methyl sites for hydroxylation is 2. The lowest BCUT2D eigenvalue weighted by molar-refractivity contribution is -0.135. The first-order valence-electron chi connectivity index (χ1n) is 30.9. The molecule has 3 aromatic heterocycles. The Morgan fingerprint density at radius 2 is 1.49 bits per heavy atom. The molecular weight excluding hydrogens is 1090 g/mol. The number of amides is 3. The first kappa shape index (κ1) is 58.4. The van der Waals surface area contributed by atoms with Crippen LogP contribution in [0.15, 0.2) is 53.5 Å². The molecule has 0 aliphatic carbocycles. The lowest BCUT2D eigenvalue weighted by Crippen LogP contribution is -2.57. The Hall–Kier alpha value is -6.97. The Labute approximate surface area is 494 Å². The first-order valence-corrected chi connectivity index (χ1v) is 30.9. The summed E-state index contributed by atoms with van der Waals surface area (Å²) in [4.78, 5) is 77.4. The van der Waals surface area contributed by atoms with Gasteiger partial charge in [-0.15, -0.1) is 0 Å². The summed E-state index contributed by atoms with van der Waals surface area (Å²) in [6.45, 7) is 16.7. The Kier molecular flexibility index (Phi) is 16.8. The molecule has 6 aliphatic rings. The summed E-state index contributed by atoms with van der Waals surface area (Å²) in [6.07, 6.45) is 12.0. The van der Waals surface area contributed by atoms with Crippen LogP contribution < -0.4 is 30.3 Å². The van der Waals surface area contributed by atoms with Crippen LogP contribution in [-0.4, -0.2) is 160 Å². The number of ether oxygens (including phenoxy) is 4. The van der Waals surface area contributed by atoms with E-state index in [9.17, 15) is 19.2 Å². The number of hydrogen-bond donors (Lipinski definition) is 1. The van der Waals surface area contributed by atoms with E-state index in [4.69, 9.17) is 33.9 Å². The van der Waals surface area contributed by atoms with Crippen molar-refractivity contribution in [1.82, 2.24) is 44.1 Å². The molecule has 454 valence electrons. The number of likely N-dealkylation sites (tertiary alicyclic amines) is 2. The lowest BCUT2D eigenvalue weighted by atomic mass is 9.82. The fourth-order valence-corrected chi connectivity index (χ4v) is 14.5. The number of nitrogens with one attached hydrogen (secondary N) is 1. The van der Waals surface area contributed by atoms with Gasteiger partial charge in [-0.05, 0) is 188 Å². The topological polar surface area (TPSA) is 182 Å². The number of imidazole rings is 1. The molecule has 21 heteroatoms. The third kappa shape index (κ3) is 12.1. The summed E-state index contributed by atoms with van der Waals surface area (Å²) in [5, 5.41) is 4.02. The number of halogens is 2. The van der Waals surface area contributed by atoms with Crippen molar-refractivity contribution in [2.75, 3.05) is 95.8 Å². The van der Waals surface area contributed by atoms with Crippen LogP contribution in [-0.2, 0) is 32.5 Å². The van der Waals surface area contributed by atoms with E-state index in [1.807, 2.05) is 38.7 Å². The van der Waals surface area contributed by atoms with Gasteiger partial charge in [0.1, 0.15) is 46.8 Å². The van der Waals surface area contributed by atoms with Gasteiger partial charge in [0, 0.05) is 77.3 Å². The second kappa shape index (κ2) is 24.4. The number of piperidine rings is 4. The highest BCUT2D eigenvalue weighted by molar-refractivity contribution is 6.02. The maximum Gasteiger partial charge on any atom is 0.410 e. The van der Waals surface area contributed by atoms with Gasteiger partial charge in [0.15, 0.2) is 12.6 Å². The minimum absolute atomic E-state index is 0.00000850. The van der Waals surface area contributed by atoms with Crippen LogP contribution in [0.4, 0.5) is 25.1 Å². The number of carbonyl (C=O) groups excluding carboxylic acids is 3. The van der Waals surface area contributed by atoms with Crippen LogP contribution in [0.3, 0.4) is 0 Å². The Bertz CT molecular complexity index is 3530. The third-order valence-corrected chi connectivity index (χ3v) is 18.9. The summed E-state index contributed by atoms with van der Waals surface area (Å²) < 4.78 is 59.6.